The van der Waals surface area contributed by atoms with E-state index in [1.807, 2.05) is 12.1 Å². The van der Waals surface area contributed by atoms with Crippen molar-refractivity contribution in [2.45, 2.75) is 72.3 Å². The number of carbonyl (C=O) groups is 1. The summed E-state index contributed by atoms with van der Waals surface area (Å²) in [5, 5.41) is 6.54. The first kappa shape index (κ1) is 23.1. The maximum Gasteiger partial charge on any atom is 0.261 e. The first-order chi connectivity index (χ1) is 13.2. The average Bonchev–Trinajstić information content (AvgIpc) is 2.62. The predicted molar refractivity (Wildman–Crippen MR) is 123 cm³/mol. The monoisotopic (exact) mass is 468 g/mol. The molecule has 1 saturated carbocycles. The molecule has 1 aliphatic carbocycles. The zero-order valence-corrected chi connectivity index (χ0v) is 19.8. The summed E-state index contributed by atoms with van der Waals surface area (Å²) in [5.41, 5.74) is 0.847. The molecule has 6 heteroatoms. The third kappa shape index (κ3) is 7.03. The van der Waals surface area contributed by atoms with Gasteiger partial charge in [-0.2, -0.15) is 0 Å². The molecule has 0 saturated heterocycles. The van der Waals surface area contributed by atoms with Crippen LogP contribution in [0.5, 0.6) is 5.75 Å². The maximum absolute atomic E-state index is 12.7. The van der Waals surface area contributed by atoms with Gasteiger partial charge in [0.15, 0.2) is 5.11 Å². The van der Waals surface area contributed by atoms with Crippen LogP contribution in [0, 0.1) is 11.3 Å². The molecular formula is C22H33BrN2O2S. The summed E-state index contributed by atoms with van der Waals surface area (Å²) in [6.45, 7) is 9.65. The Labute approximate surface area is 183 Å². The lowest BCUT2D eigenvalue weighted by atomic mass is 9.71. The van der Waals surface area contributed by atoms with E-state index in [4.69, 9.17) is 17.0 Å². The van der Waals surface area contributed by atoms with Crippen LogP contribution in [-0.2, 0) is 0 Å². The van der Waals surface area contributed by atoms with E-state index in [9.17, 15) is 4.79 Å². The molecule has 28 heavy (non-hydrogen) atoms. The second-order valence-electron chi connectivity index (χ2n) is 8.68. The first-order valence-corrected chi connectivity index (χ1v) is 11.4. The quantitative estimate of drug-likeness (QED) is 0.406. The van der Waals surface area contributed by atoms with E-state index in [1.165, 1.54) is 12.8 Å². The van der Waals surface area contributed by atoms with Crippen molar-refractivity contribution in [2.75, 3.05) is 6.61 Å². The van der Waals surface area contributed by atoms with Crippen LogP contribution >= 0.6 is 28.1 Å². The number of unbranched alkanes of at least 4 members (excludes halogenated alkanes) is 1. The lowest BCUT2D eigenvalue weighted by molar-refractivity contribution is 0.0972. The molecule has 2 rings (SSSR count). The van der Waals surface area contributed by atoms with E-state index in [1.54, 1.807) is 6.07 Å². The largest absolute Gasteiger partial charge is 0.493 e. The molecule has 1 amide bonds. The summed E-state index contributed by atoms with van der Waals surface area (Å²) >= 11 is 8.83. The van der Waals surface area contributed by atoms with Crippen molar-refractivity contribution >= 4 is 39.2 Å². The van der Waals surface area contributed by atoms with Crippen molar-refractivity contribution in [1.29, 1.82) is 0 Å². The third-order valence-corrected chi connectivity index (χ3v) is 6.17. The zero-order chi connectivity index (χ0) is 20.7. The lowest BCUT2D eigenvalue weighted by Gasteiger charge is -2.37. The molecule has 156 valence electrons. The number of nitrogens with one attached hydrogen (secondary N) is 2. The van der Waals surface area contributed by atoms with E-state index in [2.05, 4.69) is 54.3 Å². The highest BCUT2D eigenvalue weighted by molar-refractivity contribution is 9.10. The number of carbonyl (C=O) groups excluding carboxylic acids is 1. The first-order valence-electron chi connectivity index (χ1n) is 10.2. The van der Waals surface area contributed by atoms with Crippen LogP contribution in [0.4, 0.5) is 0 Å². The maximum atomic E-state index is 12.7. The van der Waals surface area contributed by atoms with E-state index in [-0.39, 0.29) is 5.91 Å². The third-order valence-electron chi connectivity index (χ3n) is 5.46. The van der Waals surface area contributed by atoms with Gasteiger partial charge in [-0.15, -0.1) is 0 Å². The second kappa shape index (κ2) is 10.6. The Kier molecular flexibility index (Phi) is 8.75. The minimum absolute atomic E-state index is 0.242. The highest BCUT2D eigenvalue weighted by atomic mass is 79.9. The fraction of sp³-hybridized carbons (Fsp3) is 0.636. The second-order valence-corrected chi connectivity index (χ2v) is 10.0. The van der Waals surface area contributed by atoms with E-state index < -0.39 is 0 Å². The van der Waals surface area contributed by atoms with Crippen LogP contribution in [0.1, 0.15) is 76.6 Å². The normalized spacial score (nSPS) is 19.8. The summed E-state index contributed by atoms with van der Waals surface area (Å²) < 4.78 is 6.62. The standard InChI is InChI=1S/C22H33BrN2O2S/c1-5-6-13-27-19-12-9-16(23)14-18(19)20(26)25-21(28)24-17-10-7-15(8-11-17)22(2,3)4/h9,12,14-15,17H,5-8,10-11,13H2,1-4H3,(H2,24,25,26,28). The minimum Gasteiger partial charge on any atom is -0.493 e. The molecule has 0 aliphatic heterocycles. The van der Waals surface area contributed by atoms with Crippen LogP contribution in [-0.4, -0.2) is 23.7 Å². The highest BCUT2D eigenvalue weighted by Gasteiger charge is 2.30. The Balaban J connectivity index is 1.90. The van der Waals surface area contributed by atoms with Crippen LogP contribution in [0.25, 0.3) is 0 Å². The molecular weight excluding hydrogens is 436 g/mol. The molecule has 0 atom stereocenters. The van der Waals surface area contributed by atoms with Gasteiger partial charge >= 0.3 is 0 Å². The number of rotatable bonds is 6. The van der Waals surface area contributed by atoms with Crippen LogP contribution in [0.2, 0.25) is 0 Å². The molecule has 1 aromatic rings. The van der Waals surface area contributed by atoms with Crippen molar-refractivity contribution in [1.82, 2.24) is 10.6 Å². The van der Waals surface area contributed by atoms with Crippen LogP contribution < -0.4 is 15.4 Å². The minimum atomic E-state index is -0.242. The fourth-order valence-electron chi connectivity index (χ4n) is 3.63. The molecule has 0 spiro atoms. The van der Waals surface area contributed by atoms with E-state index in [0.717, 1.165) is 36.1 Å². The smallest absolute Gasteiger partial charge is 0.261 e. The molecule has 0 heterocycles. The fourth-order valence-corrected chi connectivity index (χ4v) is 4.25. The average molecular weight is 469 g/mol. The van der Waals surface area contributed by atoms with Crippen molar-refractivity contribution < 1.29 is 9.53 Å². The number of hydrogen-bond acceptors (Lipinski definition) is 3. The number of benzene rings is 1. The van der Waals surface area contributed by atoms with Crippen molar-refractivity contribution in [3.05, 3.63) is 28.2 Å². The van der Waals surface area contributed by atoms with Gasteiger partial charge in [0.2, 0.25) is 0 Å². The number of ether oxygens (including phenoxy) is 1. The van der Waals surface area contributed by atoms with Crippen molar-refractivity contribution in [3.8, 4) is 5.75 Å². The molecule has 0 aromatic heterocycles. The number of hydrogen-bond donors (Lipinski definition) is 2. The molecule has 2 N–H and O–H groups in total. The van der Waals surface area contributed by atoms with Gasteiger partial charge < -0.3 is 10.1 Å². The topological polar surface area (TPSA) is 50.4 Å². The Hall–Kier alpha value is -1.14. The van der Waals surface area contributed by atoms with Crippen LogP contribution in [0.3, 0.4) is 0 Å². The molecule has 0 bridgehead atoms. The van der Waals surface area contributed by atoms with Gasteiger partial charge in [-0.3, -0.25) is 10.1 Å². The molecule has 1 fully saturated rings. The van der Waals surface area contributed by atoms with Gasteiger partial charge in [0, 0.05) is 10.5 Å². The Morgan fingerprint density at radius 1 is 1.25 bits per heavy atom. The predicted octanol–water partition coefficient (Wildman–Crippen LogP) is 5.84. The van der Waals surface area contributed by atoms with Crippen molar-refractivity contribution in [2.24, 2.45) is 11.3 Å². The highest BCUT2D eigenvalue weighted by Crippen LogP contribution is 2.37. The molecule has 1 aromatic carbocycles. The van der Waals surface area contributed by atoms with Gasteiger partial charge in [0.05, 0.1) is 12.2 Å². The summed E-state index contributed by atoms with van der Waals surface area (Å²) in [6.07, 6.45) is 6.55. The Morgan fingerprint density at radius 3 is 2.54 bits per heavy atom. The Bertz CT molecular complexity index is 680. The SMILES string of the molecule is CCCCOc1ccc(Br)cc1C(=O)NC(=S)NC1CCC(C(C)(C)C)CC1. The molecule has 4 nitrogen and oxygen atoms in total. The summed E-state index contributed by atoms with van der Waals surface area (Å²) in [6, 6.07) is 5.80. The summed E-state index contributed by atoms with van der Waals surface area (Å²) in [5.74, 6) is 1.09. The summed E-state index contributed by atoms with van der Waals surface area (Å²) in [4.78, 5) is 12.7. The summed E-state index contributed by atoms with van der Waals surface area (Å²) in [7, 11) is 0. The number of halogens is 1. The molecule has 0 radical (unpaired) electrons. The number of thiocarbonyl (C=S) groups is 1. The lowest BCUT2D eigenvalue weighted by Crippen LogP contribution is -2.46. The van der Waals surface area contributed by atoms with Gasteiger partial charge in [0.25, 0.3) is 5.91 Å². The Morgan fingerprint density at radius 2 is 1.93 bits per heavy atom. The molecule has 0 unspecified atom stereocenters. The van der Waals surface area contributed by atoms with Gasteiger partial charge in [-0.25, -0.2) is 0 Å². The van der Waals surface area contributed by atoms with E-state index >= 15 is 0 Å². The van der Waals surface area contributed by atoms with Gasteiger partial charge in [-0.1, -0.05) is 50.0 Å². The molecule has 1 aliphatic rings. The van der Waals surface area contributed by atoms with Crippen LogP contribution in [0.15, 0.2) is 22.7 Å². The zero-order valence-electron chi connectivity index (χ0n) is 17.4. The van der Waals surface area contributed by atoms with E-state index in [0.29, 0.717) is 34.5 Å². The number of amides is 1. The van der Waals surface area contributed by atoms with Crippen molar-refractivity contribution in [3.63, 3.8) is 0 Å². The van der Waals surface area contributed by atoms with Gasteiger partial charge in [-0.05, 0) is 73.9 Å². The van der Waals surface area contributed by atoms with Gasteiger partial charge in [0.1, 0.15) is 5.75 Å².